The van der Waals surface area contributed by atoms with Crippen molar-refractivity contribution >= 4 is 0 Å². The van der Waals surface area contributed by atoms with Gasteiger partial charge in [0.2, 0.25) is 0 Å². The summed E-state index contributed by atoms with van der Waals surface area (Å²) in [6, 6.07) is 0. The highest BCUT2D eigenvalue weighted by Gasteiger charge is 2.27. The Hall–Kier alpha value is -0.600. The summed E-state index contributed by atoms with van der Waals surface area (Å²) in [7, 11) is 0. The van der Waals surface area contributed by atoms with Gasteiger partial charge in [0.1, 0.15) is 11.7 Å². The Morgan fingerprint density at radius 1 is 1.73 bits per heavy atom. The Bertz CT molecular complexity index is 159. The van der Waals surface area contributed by atoms with Crippen LogP contribution in [0.5, 0.6) is 0 Å². The van der Waals surface area contributed by atoms with Crippen LogP contribution < -0.4 is 0 Å². The van der Waals surface area contributed by atoms with Gasteiger partial charge in [0.15, 0.2) is 0 Å². The minimum atomic E-state index is -1.26. The van der Waals surface area contributed by atoms with Crippen LogP contribution in [0.2, 0.25) is 0 Å². The molecule has 2 atom stereocenters. The molecule has 64 valence electrons. The molecule has 0 fully saturated rings. The third-order valence-corrected chi connectivity index (χ3v) is 1.81. The van der Waals surface area contributed by atoms with E-state index in [2.05, 4.69) is 13.2 Å². The molecule has 0 saturated heterocycles. The van der Waals surface area contributed by atoms with Gasteiger partial charge in [-0.1, -0.05) is 19.6 Å². The second-order valence-electron chi connectivity index (χ2n) is 2.84. The van der Waals surface area contributed by atoms with E-state index >= 15 is 0 Å². The van der Waals surface area contributed by atoms with E-state index in [1.807, 2.05) is 6.92 Å². The molecule has 0 spiro atoms. The van der Waals surface area contributed by atoms with E-state index in [-0.39, 0.29) is 0 Å². The number of rotatable bonds is 4. The average Bonchev–Trinajstić information content (AvgIpc) is 2.01. The largest absolute Gasteiger partial charge is 0.385 e. The van der Waals surface area contributed by atoms with Crippen molar-refractivity contribution in [2.75, 3.05) is 0 Å². The van der Waals surface area contributed by atoms with Crippen LogP contribution in [0, 0.1) is 0 Å². The molecular formula is C9H16O2. The lowest BCUT2D eigenvalue weighted by Crippen LogP contribution is -2.37. The number of hydrogen-bond acceptors (Lipinski definition) is 2. The van der Waals surface area contributed by atoms with Crippen LogP contribution in [-0.4, -0.2) is 21.9 Å². The van der Waals surface area contributed by atoms with E-state index in [4.69, 9.17) is 0 Å². The van der Waals surface area contributed by atoms with E-state index in [0.29, 0.717) is 12.0 Å². The molecule has 0 amide bonds. The molecule has 2 N–H and O–H groups in total. The van der Waals surface area contributed by atoms with E-state index in [9.17, 15) is 10.2 Å². The predicted octanol–water partition coefficient (Wildman–Crippen LogP) is 1.25. The lowest BCUT2D eigenvalue weighted by Gasteiger charge is -2.26. The zero-order valence-corrected chi connectivity index (χ0v) is 7.17. The van der Waals surface area contributed by atoms with Crippen LogP contribution in [-0.2, 0) is 0 Å². The third-order valence-electron chi connectivity index (χ3n) is 1.81. The van der Waals surface area contributed by atoms with Gasteiger partial charge in [-0.3, -0.25) is 0 Å². The molecule has 0 aromatic heterocycles. The van der Waals surface area contributed by atoms with Gasteiger partial charge in [0, 0.05) is 0 Å². The second kappa shape index (κ2) is 3.69. The van der Waals surface area contributed by atoms with Crippen molar-refractivity contribution in [2.24, 2.45) is 0 Å². The van der Waals surface area contributed by atoms with Gasteiger partial charge < -0.3 is 10.2 Å². The summed E-state index contributed by atoms with van der Waals surface area (Å²) in [6.07, 6.45) is 1.06. The lowest BCUT2D eigenvalue weighted by atomic mass is 9.92. The summed E-state index contributed by atoms with van der Waals surface area (Å²) >= 11 is 0. The minimum absolute atomic E-state index is 0.620. The minimum Gasteiger partial charge on any atom is -0.385 e. The highest BCUT2D eigenvalue weighted by Crippen LogP contribution is 2.18. The Morgan fingerprint density at radius 3 is 2.45 bits per heavy atom. The maximum Gasteiger partial charge on any atom is 0.109 e. The van der Waals surface area contributed by atoms with Crippen LogP contribution in [0.15, 0.2) is 24.8 Å². The molecule has 2 nitrogen and oxygen atoms in total. The molecule has 0 aromatic carbocycles. The second-order valence-corrected chi connectivity index (χ2v) is 2.84. The van der Waals surface area contributed by atoms with Crippen molar-refractivity contribution in [3.63, 3.8) is 0 Å². The number of aliphatic hydroxyl groups excluding tert-OH is 1. The van der Waals surface area contributed by atoms with Crippen LogP contribution in [0.1, 0.15) is 20.3 Å². The maximum absolute atomic E-state index is 9.46. The first-order valence-electron chi connectivity index (χ1n) is 3.67. The molecule has 0 bridgehead atoms. The van der Waals surface area contributed by atoms with E-state index in [1.54, 1.807) is 0 Å². The monoisotopic (exact) mass is 156 g/mol. The standard InChI is InChI=1S/C9H16O2/c1-5-7(3)8(10)9(4,11)6-2/h6,8,10-11H,2-3,5H2,1,4H3. The van der Waals surface area contributed by atoms with Crippen LogP contribution in [0.4, 0.5) is 0 Å². The lowest BCUT2D eigenvalue weighted by molar-refractivity contribution is -0.00631. The first-order valence-corrected chi connectivity index (χ1v) is 3.67. The van der Waals surface area contributed by atoms with Gasteiger partial charge in [0.25, 0.3) is 0 Å². The van der Waals surface area contributed by atoms with Gasteiger partial charge in [-0.2, -0.15) is 0 Å². The van der Waals surface area contributed by atoms with Crippen molar-refractivity contribution < 1.29 is 10.2 Å². The fraction of sp³-hybridized carbons (Fsp3) is 0.556. The predicted molar refractivity (Wildman–Crippen MR) is 46.3 cm³/mol. The average molecular weight is 156 g/mol. The van der Waals surface area contributed by atoms with E-state index in [1.165, 1.54) is 13.0 Å². The fourth-order valence-electron chi connectivity index (χ4n) is 0.718. The zero-order chi connectivity index (χ0) is 9.07. The molecular weight excluding hydrogens is 140 g/mol. The molecule has 0 saturated carbocycles. The molecule has 0 radical (unpaired) electrons. The van der Waals surface area contributed by atoms with Crippen molar-refractivity contribution in [1.29, 1.82) is 0 Å². The van der Waals surface area contributed by atoms with Gasteiger partial charge in [0.05, 0.1) is 0 Å². The summed E-state index contributed by atoms with van der Waals surface area (Å²) in [5.41, 5.74) is -0.637. The summed E-state index contributed by atoms with van der Waals surface area (Å²) < 4.78 is 0. The molecule has 0 heterocycles. The molecule has 0 rings (SSSR count). The van der Waals surface area contributed by atoms with Gasteiger partial charge in [-0.15, -0.1) is 6.58 Å². The number of aliphatic hydroxyl groups is 2. The Balaban J connectivity index is 4.34. The molecule has 0 aliphatic carbocycles. The van der Waals surface area contributed by atoms with Crippen molar-refractivity contribution in [2.45, 2.75) is 32.0 Å². The maximum atomic E-state index is 9.46. The van der Waals surface area contributed by atoms with E-state index in [0.717, 1.165) is 0 Å². The SMILES string of the molecule is C=CC(C)(O)C(O)C(=C)CC. The molecule has 2 unspecified atom stereocenters. The van der Waals surface area contributed by atoms with E-state index < -0.39 is 11.7 Å². The fourth-order valence-corrected chi connectivity index (χ4v) is 0.718. The zero-order valence-electron chi connectivity index (χ0n) is 7.17. The summed E-state index contributed by atoms with van der Waals surface area (Å²) in [5.74, 6) is 0. The number of hydrogen-bond donors (Lipinski definition) is 2. The Kier molecular flexibility index (Phi) is 3.49. The first-order chi connectivity index (χ1) is 4.95. The normalized spacial score (nSPS) is 18.5. The summed E-state index contributed by atoms with van der Waals surface area (Å²) in [6.45, 7) is 10.4. The molecule has 0 aliphatic heterocycles. The smallest absolute Gasteiger partial charge is 0.109 e. The van der Waals surface area contributed by atoms with Gasteiger partial charge in [-0.25, -0.2) is 0 Å². The molecule has 2 heteroatoms. The topological polar surface area (TPSA) is 40.5 Å². The van der Waals surface area contributed by atoms with Crippen LogP contribution >= 0.6 is 0 Å². The Labute approximate surface area is 67.9 Å². The van der Waals surface area contributed by atoms with Gasteiger partial charge in [-0.05, 0) is 18.9 Å². The molecule has 0 aromatic rings. The summed E-state index contributed by atoms with van der Waals surface area (Å²) in [4.78, 5) is 0. The summed E-state index contributed by atoms with van der Waals surface area (Å²) in [5, 5.41) is 18.9. The van der Waals surface area contributed by atoms with Crippen LogP contribution in [0.25, 0.3) is 0 Å². The van der Waals surface area contributed by atoms with Crippen LogP contribution in [0.3, 0.4) is 0 Å². The van der Waals surface area contributed by atoms with Gasteiger partial charge >= 0.3 is 0 Å². The third kappa shape index (κ3) is 2.48. The Morgan fingerprint density at radius 2 is 2.18 bits per heavy atom. The highest BCUT2D eigenvalue weighted by molar-refractivity contribution is 5.13. The first kappa shape index (κ1) is 10.4. The molecule has 0 aliphatic rings. The highest BCUT2D eigenvalue weighted by atomic mass is 16.3. The van der Waals surface area contributed by atoms with Crippen molar-refractivity contribution in [3.05, 3.63) is 24.8 Å². The molecule has 11 heavy (non-hydrogen) atoms. The van der Waals surface area contributed by atoms with Crippen molar-refractivity contribution in [3.8, 4) is 0 Å². The van der Waals surface area contributed by atoms with Crippen molar-refractivity contribution in [1.82, 2.24) is 0 Å². The quantitative estimate of drug-likeness (QED) is 0.601.